The van der Waals surface area contributed by atoms with Crippen LogP contribution in [0.1, 0.15) is 75.6 Å². The predicted octanol–water partition coefficient (Wildman–Crippen LogP) is 4.61. The first-order valence-electron chi connectivity index (χ1n) is 11.9. The van der Waals surface area contributed by atoms with Crippen molar-refractivity contribution in [2.45, 2.75) is 45.4 Å². The average molecular weight is 453 g/mol. The van der Waals surface area contributed by atoms with Crippen LogP contribution in [0, 0.1) is 16.4 Å². The van der Waals surface area contributed by atoms with E-state index in [0.29, 0.717) is 5.56 Å². The first kappa shape index (κ1) is 22.1. The van der Waals surface area contributed by atoms with E-state index in [4.69, 9.17) is 0 Å². The monoisotopic (exact) mass is 452 g/mol. The van der Waals surface area contributed by atoms with Gasteiger partial charge < -0.3 is 10.2 Å². The Morgan fingerprint density at radius 1 is 0.824 bits per heavy atom. The van der Waals surface area contributed by atoms with Crippen molar-refractivity contribution < 1.29 is 19.8 Å². The van der Waals surface area contributed by atoms with E-state index < -0.39 is 11.9 Å². The first-order chi connectivity index (χ1) is 16.4. The summed E-state index contributed by atoms with van der Waals surface area (Å²) in [5.74, 6) is -2.56. The molecule has 1 unspecified atom stereocenters. The maximum Gasteiger partial charge on any atom is 0.336 e. The highest BCUT2D eigenvalue weighted by Crippen LogP contribution is 2.36. The SMILES string of the molecule is CC(C)C(c1ccc2c(c1)=CCc1c3c(ccc1=2)=CCCC3)c1c(C(=O)O)cccc1C(=O)O. The minimum absolute atomic E-state index is 0.00934. The molecule has 0 bridgehead atoms. The number of fused-ring (bicyclic) bond motifs is 4. The van der Waals surface area contributed by atoms with Crippen LogP contribution in [0.5, 0.6) is 0 Å². The van der Waals surface area contributed by atoms with E-state index in [0.717, 1.165) is 30.0 Å². The van der Waals surface area contributed by atoms with Crippen molar-refractivity contribution in [3.8, 4) is 0 Å². The van der Waals surface area contributed by atoms with Gasteiger partial charge in [-0.2, -0.15) is 0 Å². The van der Waals surface area contributed by atoms with Gasteiger partial charge >= 0.3 is 11.9 Å². The van der Waals surface area contributed by atoms with E-state index >= 15 is 0 Å². The number of hydrogen-bond donors (Lipinski definition) is 2. The third-order valence-electron chi connectivity index (χ3n) is 7.26. The standard InChI is InChI=1S/C30H28O4/c1-17(2)27(28-25(29(31)32)8-5-9-26(28)30(33)34)20-12-13-22-19(16-20)11-15-23-21-7-4-3-6-18(21)10-14-24(22)23/h5-6,8-14,16-17,27H,3-4,7,15H2,1-2H3,(H,31,32)(H,33,34). The van der Waals surface area contributed by atoms with Gasteiger partial charge in [0, 0.05) is 5.92 Å². The molecule has 5 rings (SSSR count). The fourth-order valence-electron chi connectivity index (χ4n) is 5.78. The molecule has 4 heteroatoms. The molecule has 0 fully saturated rings. The van der Waals surface area contributed by atoms with Gasteiger partial charge in [0.15, 0.2) is 0 Å². The van der Waals surface area contributed by atoms with Crippen LogP contribution in [0.4, 0.5) is 0 Å². The lowest BCUT2D eigenvalue weighted by molar-refractivity contribution is 0.0694. The lowest BCUT2D eigenvalue weighted by Gasteiger charge is -2.26. The molecule has 4 nitrogen and oxygen atoms in total. The van der Waals surface area contributed by atoms with Crippen molar-refractivity contribution in [2.75, 3.05) is 0 Å². The summed E-state index contributed by atoms with van der Waals surface area (Å²) in [6.45, 7) is 4.02. The maximum absolute atomic E-state index is 12.0. The Hall–Kier alpha value is -3.66. The Morgan fingerprint density at radius 2 is 1.53 bits per heavy atom. The van der Waals surface area contributed by atoms with Gasteiger partial charge in [0.1, 0.15) is 0 Å². The molecule has 0 heterocycles. The van der Waals surface area contributed by atoms with Gasteiger partial charge in [-0.1, -0.05) is 62.4 Å². The summed E-state index contributed by atoms with van der Waals surface area (Å²) < 4.78 is 0. The zero-order valence-electron chi connectivity index (χ0n) is 19.5. The third kappa shape index (κ3) is 3.63. The summed E-state index contributed by atoms with van der Waals surface area (Å²) >= 11 is 0. The molecule has 172 valence electrons. The topological polar surface area (TPSA) is 74.6 Å². The lowest BCUT2D eigenvalue weighted by Crippen LogP contribution is -2.22. The molecule has 2 N–H and O–H groups in total. The number of aromatic carboxylic acids is 2. The Kier molecular flexibility index (Phi) is 5.60. The van der Waals surface area contributed by atoms with Crippen molar-refractivity contribution in [3.63, 3.8) is 0 Å². The molecule has 0 amide bonds. The second kappa shape index (κ2) is 8.60. The van der Waals surface area contributed by atoms with E-state index in [1.165, 1.54) is 51.4 Å². The van der Waals surface area contributed by atoms with Crippen molar-refractivity contribution in [1.29, 1.82) is 0 Å². The fourth-order valence-corrected chi connectivity index (χ4v) is 5.78. The molecule has 2 aliphatic rings. The summed E-state index contributed by atoms with van der Waals surface area (Å²) in [5, 5.41) is 24.6. The second-order valence-electron chi connectivity index (χ2n) is 9.61. The predicted molar refractivity (Wildman–Crippen MR) is 132 cm³/mol. The third-order valence-corrected chi connectivity index (χ3v) is 7.26. The Bertz CT molecular complexity index is 1510. The van der Waals surface area contributed by atoms with Gasteiger partial charge in [-0.15, -0.1) is 0 Å². The van der Waals surface area contributed by atoms with Gasteiger partial charge in [0.2, 0.25) is 0 Å². The van der Waals surface area contributed by atoms with Gasteiger partial charge in [0.05, 0.1) is 11.1 Å². The average Bonchev–Trinajstić information content (AvgIpc) is 2.83. The summed E-state index contributed by atoms with van der Waals surface area (Å²) in [6, 6.07) is 15.3. The van der Waals surface area contributed by atoms with Gasteiger partial charge in [-0.3, -0.25) is 0 Å². The van der Waals surface area contributed by atoms with E-state index in [-0.39, 0.29) is 23.0 Å². The van der Waals surface area contributed by atoms with E-state index in [2.05, 4.69) is 36.4 Å². The van der Waals surface area contributed by atoms with Gasteiger partial charge in [-0.25, -0.2) is 9.59 Å². The second-order valence-corrected chi connectivity index (χ2v) is 9.61. The van der Waals surface area contributed by atoms with E-state index in [1.807, 2.05) is 19.9 Å². The van der Waals surface area contributed by atoms with Crippen molar-refractivity contribution >= 4 is 24.1 Å². The molecule has 0 spiro atoms. The largest absolute Gasteiger partial charge is 0.478 e. The van der Waals surface area contributed by atoms with Gasteiger partial charge in [-0.05, 0) is 86.9 Å². The molecule has 0 saturated carbocycles. The van der Waals surface area contributed by atoms with Crippen LogP contribution in [0.25, 0.3) is 12.2 Å². The fraction of sp³-hybridized carbons (Fsp3) is 0.267. The summed E-state index contributed by atoms with van der Waals surface area (Å²) in [6.07, 6.45) is 8.93. The minimum Gasteiger partial charge on any atom is -0.478 e. The number of carboxylic acids is 2. The summed E-state index contributed by atoms with van der Waals surface area (Å²) in [5.41, 5.74) is 4.30. The molecule has 2 aliphatic carbocycles. The summed E-state index contributed by atoms with van der Waals surface area (Å²) in [4.78, 5) is 24.1. The highest BCUT2D eigenvalue weighted by atomic mass is 16.4. The van der Waals surface area contributed by atoms with Crippen molar-refractivity contribution in [1.82, 2.24) is 0 Å². The van der Waals surface area contributed by atoms with E-state index in [1.54, 1.807) is 0 Å². The van der Waals surface area contributed by atoms with Crippen LogP contribution in [0.3, 0.4) is 0 Å². The van der Waals surface area contributed by atoms with Crippen LogP contribution >= 0.6 is 0 Å². The first-order valence-corrected chi connectivity index (χ1v) is 11.9. The molecule has 3 aromatic rings. The number of hydrogen-bond acceptors (Lipinski definition) is 2. The number of rotatable bonds is 5. The molecular weight excluding hydrogens is 424 g/mol. The number of carbonyl (C=O) groups is 2. The van der Waals surface area contributed by atoms with Crippen LogP contribution in [0.15, 0.2) is 48.5 Å². The van der Waals surface area contributed by atoms with Crippen LogP contribution in [-0.2, 0) is 12.8 Å². The Balaban J connectivity index is 1.75. The minimum atomic E-state index is -1.11. The quantitative estimate of drug-likeness (QED) is 0.593. The molecule has 0 saturated heterocycles. The summed E-state index contributed by atoms with van der Waals surface area (Å²) in [7, 11) is 0. The van der Waals surface area contributed by atoms with Crippen LogP contribution in [0.2, 0.25) is 0 Å². The number of carboxylic acid groups (broad SMARTS) is 2. The van der Waals surface area contributed by atoms with Crippen molar-refractivity contribution in [3.05, 3.63) is 103 Å². The maximum atomic E-state index is 12.0. The molecule has 0 aliphatic heterocycles. The Labute approximate surface area is 198 Å². The van der Waals surface area contributed by atoms with E-state index in [9.17, 15) is 19.8 Å². The molecular formula is C30H28O4. The smallest absolute Gasteiger partial charge is 0.336 e. The van der Waals surface area contributed by atoms with Crippen molar-refractivity contribution in [2.24, 2.45) is 5.92 Å². The molecule has 1 atom stereocenters. The zero-order chi connectivity index (χ0) is 24.0. The number of benzene rings is 3. The molecule has 34 heavy (non-hydrogen) atoms. The van der Waals surface area contributed by atoms with Crippen LogP contribution < -0.4 is 10.4 Å². The normalized spacial score (nSPS) is 14.8. The molecule has 0 aromatic heterocycles. The molecule has 0 radical (unpaired) electrons. The highest BCUT2D eigenvalue weighted by Gasteiger charge is 2.29. The molecule has 3 aromatic carbocycles. The highest BCUT2D eigenvalue weighted by molar-refractivity contribution is 5.97. The zero-order valence-corrected chi connectivity index (χ0v) is 19.5. The van der Waals surface area contributed by atoms with Crippen LogP contribution in [-0.4, -0.2) is 22.2 Å². The lowest BCUT2D eigenvalue weighted by atomic mass is 9.77. The Morgan fingerprint density at radius 3 is 2.21 bits per heavy atom. The van der Waals surface area contributed by atoms with Gasteiger partial charge in [0.25, 0.3) is 0 Å².